The Bertz CT molecular complexity index is 1090. The van der Waals surface area contributed by atoms with Crippen LogP contribution < -0.4 is 4.74 Å². The molecule has 4 heterocycles. The second kappa shape index (κ2) is 7.84. The van der Waals surface area contributed by atoms with E-state index in [0.29, 0.717) is 31.3 Å². The third kappa shape index (κ3) is 4.79. The van der Waals surface area contributed by atoms with Gasteiger partial charge in [0, 0.05) is 25.4 Å². The first-order valence-corrected chi connectivity index (χ1v) is 10.2. The van der Waals surface area contributed by atoms with Gasteiger partial charge in [-0.25, -0.2) is 14.3 Å². The van der Waals surface area contributed by atoms with Crippen LogP contribution in [-0.4, -0.2) is 72.9 Å². The summed E-state index contributed by atoms with van der Waals surface area (Å²) in [6.45, 7) is 8.94. The Morgan fingerprint density at radius 2 is 2.10 bits per heavy atom. The molecule has 1 amide bonds. The normalized spacial score (nSPS) is 19.6. The van der Waals surface area contributed by atoms with Gasteiger partial charge in [-0.1, -0.05) is 0 Å². The van der Waals surface area contributed by atoms with Crippen molar-refractivity contribution in [1.82, 2.24) is 29.3 Å². The minimum Gasteiger partial charge on any atom is -0.473 e. The third-order valence-corrected chi connectivity index (χ3v) is 4.86. The molecule has 10 heteroatoms. The van der Waals surface area contributed by atoms with E-state index in [1.807, 2.05) is 53.2 Å². The largest absolute Gasteiger partial charge is 0.473 e. The number of amides is 1. The first-order valence-electron chi connectivity index (χ1n) is 10.2. The summed E-state index contributed by atoms with van der Waals surface area (Å²) in [7, 11) is 1.85. The van der Waals surface area contributed by atoms with E-state index < -0.39 is 11.2 Å². The Morgan fingerprint density at radius 3 is 2.81 bits per heavy atom. The summed E-state index contributed by atoms with van der Waals surface area (Å²) in [6, 6.07) is 1.84. The molecule has 1 aliphatic rings. The van der Waals surface area contributed by atoms with E-state index in [0.717, 1.165) is 11.1 Å². The maximum atomic E-state index is 12.5. The number of nitrogens with zero attached hydrogens (tertiary/aromatic N) is 6. The van der Waals surface area contributed by atoms with Crippen molar-refractivity contribution in [2.75, 3.05) is 26.3 Å². The highest BCUT2D eigenvalue weighted by molar-refractivity contribution is 5.68. The summed E-state index contributed by atoms with van der Waals surface area (Å²) in [5.41, 5.74) is 1.06. The monoisotopic (exact) mass is 428 g/mol. The third-order valence-electron chi connectivity index (χ3n) is 4.86. The van der Waals surface area contributed by atoms with Crippen LogP contribution in [0.1, 0.15) is 27.7 Å². The Kier molecular flexibility index (Phi) is 5.34. The molecule has 0 bridgehead atoms. The molecule has 3 aromatic heterocycles. The predicted octanol–water partition coefficient (Wildman–Crippen LogP) is 2.53. The summed E-state index contributed by atoms with van der Waals surface area (Å²) in [5, 5.41) is 8.53. The number of rotatable bonds is 4. The molecular formula is C21H28N6O4. The molecule has 4 rings (SSSR count). The van der Waals surface area contributed by atoms with Crippen LogP contribution >= 0.6 is 0 Å². The van der Waals surface area contributed by atoms with Crippen molar-refractivity contribution >= 4 is 11.6 Å². The van der Waals surface area contributed by atoms with E-state index in [1.165, 1.54) is 0 Å². The van der Waals surface area contributed by atoms with Gasteiger partial charge in [-0.15, -0.1) is 0 Å². The van der Waals surface area contributed by atoms with Gasteiger partial charge in [-0.05, 0) is 33.8 Å². The zero-order valence-electron chi connectivity index (χ0n) is 18.5. The van der Waals surface area contributed by atoms with Crippen LogP contribution in [0.5, 0.6) is 5.88 Å². The molecule has 1 saturated heterocycles. The summed E-state index contributed by atoms with van der Waals surface area (Å²) >= 11 is 0. The second-order valence-corrected chi connectivity index (χ2v) is 8.98. The number of aromatic nitrogens is 5. The molecule has 0 saturated carbocycles. The zero-order valence-corrected chi connectivity index (χ0v) is 18.5. The van der Waals surface area contributed by atoms with E-state index in [-0.39, 0.29) is 12.7 Å². The summed E-state index contributed by atoms with van der Waals surface area (Å²) < 4.78 is 21.0. The number of carbonyl (C=O) groups excluding carboxylic acids is 1. The lowest BCUT2D eigenvalue weighted by Gasteiger charge is -2.40. The molecule has 0 aromatic carbocycles. The lowest BCUT2D eigenvalue weighted by molar-refractivity contribution is -0.116. The van der Waals surface area contributed by atoms with Gasteiger partial charge in [0.25, 0.3) is 0 Å². The lowest BCUT2D eigenvalue weighted by Crippen LogP contribution is -2.55. The SMILES string of the molecule is Cn1cc(-c2cn3nccc3c(OC[C@@]3(C)CN(C(=O)OC(C)(C)C)CCO3)n2)cn1. The minimum atomic E-state index is -0.696. The highest BCUT2D eigenvalue weighted by atomic mass is 16.6. The molecule has 0 aliphatic carbocycles. The van der Waals surface area contributed by atoms with Gasteiger partial charge in [-0.2, -0.15) is 10.2 Å². The number of carbonyl (C=O) groups is 1. The van der Waals surface area contributed by atoms with E-state index in [2.05, 4.69) is 15.2 Å². The Hall–Kier alpha value is -3.14. The molecule has 1 aliphatic heterocycles. The fraction of sp³-hybridized carbons (Fsp3) is 0.524. The number of hydrogen-bond acceptors (Lipinski definition) is 7. The topological polar surface area (TPSA) is 96.0 Å². The molecule has 0 spiro atoms. The van der Waals surface area contributed by atoms with Crippen molar-refractivity contribution in [3.05, 3.63) is 30.9 Å². The van der Waals surface area contributed by atoms with Crippen LogP contribution in [0.2, 0.25) is 0 Å². The highest BCUT2D eigenvalue weighted by Crippen LogP contribution is 2.26. The Balaban J connectivity index is 1.51. The van der Waals surface area contributed by atoms with Gasteiger partial charge in [-0.3, -0.25) is 4.68 Å². The Morgan fingerprint density at radius 1 is 1.29 bits per heavy atom. The number of aryl methyl sites for hydroxylation is 1. The van der Waals surface area contributed by atoms with Crippen LogP contribution in [0.4, 0.5) is 4.79 Å². The molecule has 31 heavy (non-hydrogen) atoms. The van der Waals surface area contributed by atoms with E-state index in [4.69, 9.17) is 14.2 Å². The van der Waals surface area contributed by atoms with Gasteiger partial charge >= 0.3 is 6.09 Å². The van der Waals surface area contributed by atoms with Crippen LogP contribution in [0.25, 0.3) is 16.8 Å². The minimum absolute atomic E-state index is 0.219. The maximum absolute atomic E-state index is 12.5. The average Bonchev–Trinajstić information content (AvgIpc) is 3.33. The van der Waals surface area contributed by atoms with Crippen molar-refractivity contribution in [1.29, 1.82) is 0 Å². The molecule has 10 nitrogen and oxygen atoms in total. The maximum Gasteiger partial charge on any atom is 0.410 e. The van der Waals surface area contributed by atoms with Crippen LogP contribution in [0.15, 0.2) is 30.9 Å². The highest BCUT2D eigenvalue weighted by Gasteiger charge is 2.37. The zero-order chi connectivity index (χ0) is 22.2. The van der Waals surface area contributed by atoms with Crippen molar-refractivity contribution < 1.29 is 19.0 Å². The molecule has 1 atom stereocenters. The van der Waals surface area contributed by atoms with Crippen LogP contribution in [0, 0.1) is 0 Å². The van der Waals surface area contributed by atoms with Crippen molar-refractivity contribution in [2.45, 2.75) is 38.9 Å². The van der Waals surface area contributed by atoms with E-state index in [9.17, 15) is 4.79 Å². The summed E-state index contributed by atoms with van der Waals surface area (Å²) in [5.74, 6) is 0.443. The van der Waals surface area contributed by atoms with E-state index >= 15 is 0 Å². The predicted molar refractivity (Wildman–Crippen MR) is 113 cm³/mol. The second-order valence-electron chi connectivity index (χ2n) is 8.98. The number of hydrogen-bond donors (Lipinski definition) is 0. The number of morpholine rings is 1. The number of fused-ring (bicyclic) bond motifs is 1. The van der Waals surface area contributed by atoms with Gasteiger partial charge < -0.3 is 19.1 Å². The fourth-order valence-corrected chi connectivity index (χ4v) is 3.42. The average molecular weight is 428 g/mol. The molecule has 0 N–H and O–H groups in total. The van der Waals surface area contributed by atoms with Crippen LogP contribution in [-0.2, 0) is 16.5 Å². The van der Waals surface area contributed by atoms with Crippen molar-refractivity contribution in [2.24, 2.45) is 7.05 Å². The van der Waals surface area contributed by atoms with Gasteiger partial charge in [0.1, 0.15) is 23.3 Å². The standard InChI is InChI=1S/C21H28N6O4/c1-20(2,3)31-19(28)26-8-9-30-21(4,13-26)14-29-18-17-6-7-22-27(17)12-16(24-18)15-10-23-25(5)11-15/h6-7,10-12H,8-9,13-14H2,1-5H3/t21-/m1/s1. The van der Waals surface area contributed by atoms with Gasteiger partial charge in [0.2, 0.25) is 5.88 Å². The van der Waals surface area contributed by atoms with Crippen LogP contribution in [0.3, 0.4) is 0 Å². The van der Waals surface area contributed by atoms with Crippen molar-refractivity contribution in [3.8, 4) is 17.1 Å². The van der Waals surface area contributed by atoms with Gasteiger partial charge in [0.15, 0.2) is 0 Å². The summed E-state index contributed by atoms with van der Waals surface area (Å²) in [4.78, 5) is 18.8. The molecule has 0 unspecified atom stereocenters. The Labute approximate surface area is 180 Å². The van der Waals surface area contributed by atoms with Gasteiger partial charge in [0.05, 0.1) is 37.4 Å². The fourth-order valence-electron chi connectivity index (χ4n) is 3.42. The molecule has 3 aromatic rings. The molecule has 0 radical (unpaired) electrons. The number of ether oxygens (including phenoxy) is 3. The smallest absolute Gasteiger partial charge is 0.410 e. The van der Waals surface area contributed by atoms with E-state index in [1.54, 1.807) is 26.5 Å². The molecule has 1 fully saturated rings. The first-order chi connectivity index (χ1) is 14.6. The first kappa shape index (κ1) is 21.1. The van der Waals surface area contributed by atoms with Crippen molar-refractivity contribution in [3.63, 3.8) is 0 Å². The lowest BCUT2D eigenvalue weighted by atomic mass is 10.1. The molecule has 166 valence electrons. The quantitative estimate of drug-likeness (QED) is 0.630. The molecular weight excluding hydrogens is 400 g/mol. The summed E-state index contributed by atoms with van der Waals surface area (Å²) in [6.07, 6.45) is 6.80.